The molecule has 0 spiro atoms. The molecule has 0 aliphatic heterocycles. The van der Waals surface area contributed by atoms with Crippen molar-refractivity contribution in [3.05, 3.63) is 85.1 Å². The van der Waals surface area contributed by atoms with E-state index in [1.807, 2.05) is 0 Å². The number of unbranched alkanes of at least 4 members (excludes halogenated alkanes) is 30. The van der Waals surface area contributed by atoms with E-state index in [1.54, 1.807) is 0 Å². The van der Waals surface area contributed by atoms with Gasteiger partial charge in [0.25, 0.3) is 0 Å². The summed E-state index contributed by atoms with van der Waals surface area (Å²) in [6.07, 6.45) is 80.3. The van der Waals surface area contributed by atoms with Crippen molar-refractivity contribution in [3.63, 3.8) is 0 Å². The molecule has 0 N–H and O–H groups in total. The molecule has 0 aromatic rings. The predicted molar refractivity (Wildman–Crippen MR) is 307 cm³/mol. The highest BCUT2D eigenvalue weighted by molar-refractivity contribution is 5.70. The van der Waals surface area contributed by atoms with E-state index in [0.29, 0.717) is 19.4 Å². The van der Waals surface area contributed by atoms with Crippen LogP contribution in [0, 0.1) is 0 Å². The largest absolute Gasteiger partial charge is 0.462 e. The van der Waals surface area contributed by atoms with E-state index in [9.17, 15) is 9.59 Å². The second-order valence-electron chi connectivity index (χ2n) is 19.9. The molecule has 0 saturated heterocycles. The summed E-state index contributed by atoms with van der Waals surface area (Å²) < 4.78 is 17.5. The number of hydrogen-bond acceptors (Lipinski definition) is 5. The molecule has 404 valence electrons. The first-order valence-corrected chi connectivity index (χ1v) is 30.1. The summed E-state index contributed by atoms with van der Waals surface area (Å²) in [5.74, 6) is -0.414. The molecule has 0 heterocycles. The molecule has 0 aliphatic carbocycles. The fourth-order valence-corrected chi connectivity index (χ4v) is 8.41. The summed E-state index contributed by atoms with van der Waals surface area (Å²) in [5, 5.41) is 0. The first-order chi connectivity index (χ1) is 34.6. The van der Waals surface area contributed by atoms with Crippen LogP contribution in [0.5, 0.6) is 0 Å². The molecule has 0 aromatic heterocycles. The van der Waals surface area contributed by atoms with Crippen molar-refractivity contribution in [2.75, 3.05) is 19.8 Å². The maximum Gasteiger partial charge on any atom is 0.306 e. The normalized spacial score (nSPS) is 12.8. The van der Waals surface area contributed by atoms with E-state index in [-0.39, 0.29) is 25.2 Å². The molecule has 0 bridgehead atoms. The third-order valence-corrected chi connectivity index (χ3v) is 12.9. The van der Waals surface area contributed by atoms with Crippen LogP contribution in [0.1, 0.15) is 290 Å². The summed E-state index contributed by atoms with van der Waals surface area (Å²) in [4.78, 5) is 25.6. The van der Waals surface area contributed by atoms with Crippen LogP contribution in [0.25, 0.3) is 0 Å². The fraction of sp³-hybridized carbons (Fsp3) is 0.754. The van der Waals surface area contributed by atoms with Gasteiger partial charge in [-0.05, 0) is 116 Å². The average Bonchev–Trinajstić information content (AvgIpc) is 3.36. The third-order valence-electron chi connectivity index (χ3n) is 12.9. The molecule has 70 heavy (non-hydrogen) atoms. The number of carbonyl (C=O) groups excluding carboxylic acids is 2. The first-order valence-electron chi connectivity index (χ1n) is 30.1. The van der Waals surface area contributed by atoms with Crippen LogP contribution < -0.4 is 0 Å². The lowest BCUT2D eigenvalue weighted by Crippen LogP contribution is -2.30. The van der Waals surface area contributed by atoms with Gasteiger partial charge in [0.15, 0.2) is 6.10 Å². The Bertz CT molecular complexity index is 1290. The number of ether oxygens (including phenoxy) is 3. The van der Waals surface area contributed by atoms with E-state index in [1.165, 1.54) is 167 Å². The van der Waals surface area contributed by atoms with Crippen LogP contribution in [0.3, 0.4) is 0 Å². The highest BCUT2D eigenvalue weighted by atomic mass is 16.6. The zero-order valence-corrected chi connectivity index (χ0v) is 46.5. The number of allylic oxidation sites excluding steroid dienone is 14. The summed E-state index contributed by atoms with van der Waals surface area (Å²) in [6, 6.07) is 0. The van der Waals surface area contributed by atoms with Gasteiger partial charge in [-0.2, -0.15) is 0 Å². The smallest absolute Gasteiger partial charge is 0.306 e. The van der Waals surface area contributed by atoms with E-state index >= 15 is 0 Å². The summed E-state index contributed by atoms with van der Waals surface area (Å²) in [7, 11) is 0. The molecule has 0 saturated carbocycles. The lowest BCUT2D eigenvalue weighted by atomic mass is 10.1. The summed E-state index contributed by atoms with van der Waals surface area (Å²) in [5.41, 5.74) is 0. The Morgan fingerprint density at radius 3 is 1.07 bits per heavy atom. The molecule has 0 amide bonds. The fourth-order valence-electron chi connectivity index (χ4n) is 8.41. The number of rotatable bonds is 55. The molecule has 0 radical (unpaired) electrons. The maximum atomic E-state index is 12.9. The highest BCUT2D eigenvalue weighted by Crippen LogP contribution is 2.15. The van der Waals surface area contributed by atoms with Gasteiger partial charge in [-0.15, -0.1) is 0 Å². The molecule has 5 heteroatoms. The van der Waals surface area contributed by atoms with Crippen molar-refractivity contribution in [2.45, 2.75) is 297 Å². The van der Waals surface area contributed by atoms with E-state index in [4.69, 9.17) is 14.2 Å². The standard InChI is InChI=1S/C65H114O5/c1-4-7-10-13-16-19-22-25-28-31-33-35-37-40-43-46-49-52-55-58-64(66)69-62-63(61-68-60-57-54-51-48-45-42-39-30-27-24-21-18-15-12-9-6-3)70-65(67)59-56-53-50-47-44-41-38-36-34-32-29-26-23-20-17-14-11-8-5-2/h7,10,16-17,19-20,25-30,33,35,63H,4-6,8-9,11-15,18,21-24,31-32,34,36-62H2,1-3H3/b10-7-,19-16-,20-17-,28-25-,29-26-,30-27-,35-33-. The third kappa shape index (κ3) is 57.7. The molecular weight excluding hydrogens is 861 g/mol. The van der Waals surface area contributed by atoms with Crippen LogP contribution in [-0.2, 0) is 23.8 Å². The Labute approximate surface area is 435 Å². The van der Waals surface area contributed by atoms with Gasteiger partial charge in [0.2, 0.25) is 0 Å². The highest BCUT2D eigenvalue weighted by Gasteiger charge is 2.17. The Morgan fingerprint density at radius 1 is 0.329 bits per heavy atom. The van der Waals surface area contributed by atoms with Crippen molar-refractivity contribution >= 4 is 11.9 Å². The predicted octanol–water partition coefficient (Wildman–Crippen LogP) is 20.8. The Morgan fingerprint density at radius 2 is 0.643 bits per heavy atom. The van der Waals surface area contributed by atoms with Crippen molar-refractivity contribution in [2.24, 2.45) is 0 Å². The Kier molecular flexibility index (Phi) is 57.9. The molecule has 0 rings (SSSR count). The van der Waals surface area contributed by atoms with Gasteiger partial charge in [0.1, 0.15) is 6.61 Å². The second-order valence-corrected chi connectivity index (χ2v) is 19.9. The number of esters is 2. The average molecular weight is 976 g/mol. The molecule has 5 nitrogen and oxygen atoms in total. The zero-order chi connectivity index (χ0) is 50.6. The molecular formula is C65H114O5. The van der Waals surface area contributed by atoms with Crippen LogP contribution in [0.15, 0.2) is 85.1 Å². The Hall–Kier alpha value is -2.92. The summed E-state index contributed by atoms with van der Waals surface area (Å²) >= 11 is 0. The monoisotopic (exact) mass is 975 g/mol. The topological polar surface area (TPSA) is 61.8 Å². The second kappa shape index (κ2) is 60.4. The minimum atomic E-state index is -0.552. The lowest BCUT2D eigenvalue weighted by molar-refractivity contribution is -0.163. The minimum absolute atomic E-state index is 0.0715. The van der Waals surface area contributed by atoms with E-state index in [0.717, 1.165) is 89.9 Å². The zero-order valence-electron chi connectivity index (χ0n) is 46.5. The van der Waals surface area contributed by atoms with Gasteiger partial charge >= 0.3 is 11.9 Å². The van der Waals surface area contributed by atoms with Crippen molar-refractivity contribution in [1.29, 1.82) is 0 Å². The molecule has 0 fully saturated rings. The van der Waals surface area contributed by atoms with Gasteiger partial charge in [-0.1, -0.05) is 247 Å². The maximum absolute atomic E-state index is 12.9. The van der Waals surface area contributed by atoms with Gasteiger partial charge in [-0.3, -0.25) is 9.59 Å². The number of carbonyl (C=O) groups is 2. The minimum Gasteiger partial charge on any atom is -0.462 e. The van der Waals surface area contributed by atoms with Crippen LogP contribution in [0.4, 0.5) is 0 Å². The Balaban J connectivity index is 4.32. The van der Waals surface area contributed by atoms with Crippen LogP contribution in [-0.4, -0.2) is 37.9 Å². The first kappa shape index (κ1) is 67.1. The van der Waals surface area contributed by atoms with Crippen LogP contribution >= 0.6 is 0 Å². The van der Waals surface area contributed by atoms with Gasteiger partial charge in [-0.25, -0.2) is 0 Å². The molecule has 1 unspecified atom stereocenters. The van der Waals surface area contributed by atoms with Crippen molar-refractivity contribution < 1.29 is 23.8 Å². The van der Waals surface area contributed by atoms with E-state index < -0.39 is 6.10 Å². The number of hydrogen-bond donors (Lipinski definition) is 0. The lowest BCUT2D eigenvalue weighted by Gasteiger charge is -2.18. The summed E-state index contributed by atoms with van der Waals surface area (Å²) in [6.45, 7) is 7.68. The van der Waals surface area contributed by atoms with Crippen molar-refractivity contribution in [1.82, 2.24) is 0 Å². The van der Waals surface area contributed by atoms with Gasteiger partial charge < -0.3 is 14.2 Å². The molecule has 1 atom stereocenters. The van der Waals surface area contributed by atoms with Gasteiger partial charge in [0.05, 0.1) is 6.61 Å². The van der Waals surface area contributed by atoms with Gasteiger partial charge in [0, 0.05) is 19.4 Å². The molecule has 0 aliphatic rings. The van der Waals surface area contributed by atoms with E-state index in [2.05, 4.69) is 106 Å². The molecule has 0 aromatic carbocycles. The van der Waals surface area contributed by atoms with Crippen molar-refractivity contribution in [3.8, 4) is 0 Å². The van der Waals surface area contributed by atoms with Crippen LogP contribution in [0.2, 0.25) is 0 Å². The quantitative estimate of drug-likeness (QED) is 0.0345. The SMILES string of the molecule is CC/C=C\C/C=C\C/C=C\C/C=C\CCCCCCCCC(=O)OCC(COCCCCCCCC/C=C\CCCCCCCC)OC(=O)CCCCCCCCCCC/C=C\C/C=C\CCCCC.